The molecule has 0 saturated carbocycles. The molecule has 0 aliphatic rings. The number of hydrogen-bond acceptors (Lipinski definition) is 3. The summed E-state index contributed by atoms with van der Waals surface area (Å²) in [5, 5.41) is 13.6. The summed E-state index contributed by atoms with van der Waals surface area (Å²) < 4.78 is 1.84. The van der Waals surface area contributed by atoms with E-state index in [4.69, 9.17) is 0 Å². The zero-order valence-corrected chi connectivity index (χ0v) is 12.8. The molecule has 0 spiro atoms. The van der Waals surface area contributed by atoms with Gasteiger partial charge in [-0.3, -0.25) is 4.79 Å². The molecule has 0 aliphatic heterocycles. The smallest absolute Gasteiger partial charge is 0.326 e. The van der Waals surface area contributed by atoms with Gasteiger partial charge < -0.3 is 15.0 Å². The summed E-state index contributed by atoms with van der Waals surface area (Å²) in [7, 11) is 0. The third-order valence-electron chi connectivity index (χ3n) is 3.04. The molecule has 2 rings (SSSR count). The van der Waals surface area contributed by atoms with Crippen molar-refractivity contribution in [3.05, 3.63) is 40.8 Å². The molecule has 0 unspecified atom stereocenters. The second-order valence-electron chi connectivity index (χ2n) is 5.22. The molecule has 1 amide bonds. The lowest BCUT2D eigenvalue weighted by Gasteiger charge is -2.16. The molecule has 2 N–H and O–H groups in total. The number of nitrogens with zero attached hydrogens (tertiary/aromatic N) is 1. The van der Waals surface area contributed by atoms with Crippen LogP contribution in [0, 0.1) is 5.92 Å². The highest BCUT2D eigenvalue weighted by Gasteiger charge is 2.23. The first-order valence-corrected chi connectivity index (χ1v) is 7.61. The number of thiophene rings is 1. The number of nitrogens with one attached hydrogen (secondary N) is 1. The van der Waals surface area contributed by atoms with Gasteiger partial charge in [0.1, 0.15) is 10.9 Å². The van der Waals surface area contributed by atoms with Crippen molar-refractivity contribution in [1.82, 2.24) is 9.88 Å². The summed E-state index contributed by atoms with van der Waals surface area (Å²) in [6.07, 6.45) is 4.11. The summed E-state index contributed by atoms with van der Waals surface area (Å²) in [5.41, 5.74) is 0.760. The molecule has 21 heavy (non-hydrogen) atoms. The second kappa shape index (κ2) is 6.58. The van der Waals surface area contributed by atoms with Gasteiger partial charge in [0, 0.05) is 12.4 Å². The largest absolute Gasteiger partial charge is 0.480 e. The van der Waals surface area contributed by atoms with Gasteiger partial charge in [-0.15, -0.1) is 11.3 Å². The van der Waals surface area contributed by atoms with E-state index in [1.807, 2.05) is 54.4 Å². The molecule has 0 bridgehead atoms. The predicted molar refractivity (Wildman–Crippen MR) is 82.0 cm³/mol. The van der Waals surface area contributed by atoms with Crippen molar-refractivity contribution in [2.45, 2.75) is 26.3 Å². The summed E-state index contributed by atoms with van der Waals surface area (Å²) in [5.74, 6) is -1.16. The second-order valence-corrected chi connectivity index (χ2v) is 6.14. The lowest BCUT2D eigenvalue weighted by Crippen LogP contribution is -2.41. The van der Waals surface area contributed by atoms with Crippen molar-refractivity contribution in [3.8, 4) is 5.69 Å². The molecule has 0 radical (unpaired) electrons. The maximum Gasteiger partial charge on any atom is 0.326 e. The van der Waals surface area contributed by atoms with Gasteiger partial charge in [0.15, 0.2) is 0 Å². The molecule has 2 aromatic heterocycles. The molecule has 6 heteroatoms. The van der Waals surface area contributed by atoms with Crippen molar-refractivity contribution in [2.24, 2.45) is 5.92 Å². The molecule has 0 aromatic carbocycles. The molecular weight excluding hydrogens is 288 g/mol. The Hall–Kier alpha value is -2.08. The van der Waals surface area contributed by atoms with Gasteiger partial charge in [-0.05, 0) is 35.9 Å². The van der Waals surface area contributed by atoms with Crippen LogP contribution in [0.5, 0.6) is 0 Å². The topological polar surface area (TPSA) is 71.3 Å². The molecule has 1 atom stereocenters. The zero-order chi connectivity index (χ0) is 15.4. The molecule has 5 nitrogen and oxygen atoms in total. The van der Waals surface area contributed by atoms with Gasteiger partial charge in [0.2, 0.25) is 0 Å². The number of carboxylic acids is 1. The average Bonchev–Trinajstić information content (AvgIpc) is 3.07. The number of amides is 1. The Balaban J connectivity index is 2.17. The van der Waals surface area contributed by atoms with Crippen LogP contribution in [0.25, 0.3) is 5.69 Å². The Kier molecular flexibility index (Phi) is 4.80. The van der Waals surface area contributed by atoms with Crippen molar-refractivity contribution in [3.63, 3.8) is 0 Å². The number of carbonyl (C=O) groups is 2. The van der Waals surface area contributed by atoms with Gasteiger partial charge in [-0.2, -0.15) is 0 Å². The summed E-state index contributed by atoms with van der Waals surface area (Å²) >= 11 is 1.30. The minimum Gasteiger partial charge on any atom is -0.480 e. The van der Waals surface area contributed by atoms with Crippen LogP contribution in [0.2, 0.25) is 0 Å². The van der Waals surface area contributed by atoms with Crippen molar-refractivity contribution < 1.29 is 14.7 Å². The highest BCUT2D eigenvalue weighted by atomic mass is 32.1. The number of aromatic nitrogens is 1. The fraction of sp³-hybridized carbons (Fsp3) is 0.333. The Morgan fingerprint density at radius 2 is 2.00 bits per heavy atom. The van der Waals surface area contributed by atoms with Gasteiger partial charge >= 0.3 is 5.97 Å². The highest BCUT2D eigenvalue weighted by Crippen LogP contribution is 2.21. The molecular formula is C15H18N2O3S. The lowest BCUT2D eigenvalue weighted by atomic mass is 10.0. The molecule has 2 heterocycles. The number of hydrogen-bond donors (Lipinski definition) is 2. The van der Waals surface area contributed by atoms with Crippen LogP contribution < -0.4 is 5.32 Å². The van der Waals surface area contributed by atoms with Crippen LogP contribution in [-0.4, -0.2) is 27.6 Å². The first-order chi connectivity index (χ1) is 9.99. The van der Waals surface area contributed by atoms with Crippen LogP contribution in [0.3, 0.4) is 0 Å². The summed E-state index contributed by atoms with van der Waals surface area (Å²) in [6, 6.07) is 4.73. The van der Waals surface area contributed by atoms with Crippen molar-refractivity contribution in [1.29, 1.82) is 0 Å². The van der Waals surface area contributed by atoms with E-state index < -0.39 is 12.0 Å². The molecule has 0 aliphatic carbocycles. The third-order valence-corrected chi connectivity index (χ3v) is 3.95. The normalized spacial score (nSPS) is 12.3. The quantitative estimate of drug-likeness (QED) is 0.862. The molecule has 0 fully saturated rings. The van der Waals surface area contributed by atoms with Gasteiger partial charge in [0.05, 0.1) is 5.69 Å². The van der Waals surface area contributed by atoms with Crippen molar-refractivity contribution >= 4 is 23.2 Å². The average molecular weight is 306 g/mol. The minimum absolute atomic E-state index is 0.193. The third kappa shape index (κ3) is 3.72. The van der Waals surface area contributed by atoms with Crippen LogP contribution in [0.1, 0.15) is 29.9 Å². The molecule has 112 valence electrons. The van der Waals surface area contributed by atoms with E-state index in [0.717, 1.165) is 5.69 Å². The highest BCUT2D eigenvalue weighted by molar-refractivity contribution is 7.12. The summed E-state index contributed by atoms with van der Waals surface area (Å²) in [4.78, 5) is 24.1. The SMILES string of the molecule is CC(C)C[C@H](NC(=O)c1sccc1-n1cccc1)C(=O)O. The van der Waals surface area contributed by atoms with E-state index >= 15 is 0 Å². The predicted octanol–water partition coefficient (Wildman–Crippen LogP) is 2.77. The van der Waals surface area contributed by atoms with Crippen LogP contribution in [-0.2, 0) is 4.79 Å². The van der Waals surface area contributed by atoms with Gasteiger partial charge in [-0.25, -0.2) is 4.79 Å². The Bertz CT molecular complexity index is 617. The van der Waals surface area contributed by atoms with E-state index in [1.54, 1.807) is 0 Å². The Morgan fingerprint density at radius 1 is 1.33 bits per heavy atom. The van der Waals surface area contributed by atoms with E-state index in [2.05, 4.69) is 5.32 Å². The standard InChI is InChI=1S/C15H18N2O3S/c1-10(2)9-11(15(19)20)16-14(18)13-12(5-8-21-13)17-6-3-4-7-17/h3-8,10-11H,9H2,1-2H3,(H,16,18)(H,19,20)/t11-/m0/s1. The minimum atomic E-state index is -1.00. The monoisotopic (exact) mass is 306 g/mol. The van der Waals surface area contributed by atoms with Crippen LogP contribution in [0.15, 0.2) is 36.0 Å². The summed E-state index contributed by atoms with van der Waals surface area (Å²) in [6.45, 7) is 3.86. The maximum atomic E-state index is 12.3. The fourth-order valence-corrected chi connectivity index (χ4v) is 2.88. The fourth-order valence-electron chi connectivity index (χ4n) is 2.09. The first-order valence-electron chi connectivity index (χ1n) is 6.73. The lowest BCUT2D eigenvalue weighted by molar-refractivity contribution is -0.139. The zero-order valence-electron chi connectivity index (χ0n) is 11.9. The van der Waals surface area contributed by atoms with E-state index in [-0.39, 0.29) is 11.8 Å². The molecule has 0 saturated heterocycles. The van der Waals surface area contributed by atoms with Crippen LogP contribution >= 0.6 is 11.3 Å². The Labute approximate surface area is 127 Å². The van der Waals surface area contributed by atoms with Gasteiger partial charge in [0.25, 0.3) is 5.91 Å². The number of carboxylic acid groups (broad SMARTS) is 1. The van der Waals surface area contributed by atoms with Gasteiger partial charge in [-0.1, -0.05) is 13.8 Å². The van der Waals surface area contributed by atoms with E-state index in [9.17, 15) is 14.7 Å². The Morgan fingerprint density at radius 3 is 2.57 bits per heavy atom. The maximum absolute atomic E-state index is 12.3. The first kappa shape index (κ1) is 15.3. The van der Waals surface area contributed by atoms with Crippen LogP contribution in [0.4, 0.5) is 0 Å². The van der Waals surface area contributed by atoms with E-state index in [0.29, 0.717) is 11.3 Å². The number of aliphatic carboxylic acids is 1. The number of rotatable bonds is 6. The number of carbonyl (C=O) groups excluding carboxylic acids is 1. The van der Waals surface area contributed by atoms with Crippen molar-refractivity contribution in [2.75, 3.05) is 0 Å². The van der Waals surface area contributed by atoms with E-state index in [1.165, 1.54) is 11.3 Å². The molecule has 2 aromatic rings.